The molecule has 9 nitrogen and oxygen atoms in total. The van der Waals surface area contributed by atoms with Crippen molar-refractivity contribution in [3.05, 3.63) is 0 Å². The third kappa shape index (κ3) is 7.34. The zero-order chi connectivity index (χ0) is 43.3. The van der Waals surface area contributed by atoms with E-state index in [1.165, 1.54) is 0 Å². The zero-order valence-electron chi connectivity index (χ0n) is 26.8. The van der Waals surface area contributed by atoms with Gasteiger partial charge in [0.05, 0.1) is 10.7 Å². The van der Waals surface area contributed by atoms with Crippen molar-refractivity contribution in [1.29, 1.82) is 0 Å². The van der Waals surface area contributed by atoms with E-state index in [1.54, 1.807) is 0 Å². The van der Waals surface area contributed by atoms with Gasteiger partial charge in [-0.15, -0.1) is 23.5 Å². The number of thioether (sulfide) groups is 2. The molecule has 1 heterocycles. The van der Waals surface area contributed by atoms with Gasteiger partial charge < -0.3 is 14.2 Å². The Hall–Kier alpha value is -2.24. The van der Waals surface area contributed by atoms with Crippen molar-refractivity contribution >= 4 is 51.5 Å². The Bertz CT molecular complexity index is 1670. The van der Waals surface area contributed by atoms with Crippen molar-refractivity contribution in [1.82, 2.24) is 0 Å². The second kappa shape index (κ2) is 13.9. The van der Waals surface area contributed by atoms with Crippen LogP contribution in [-0.4, -0.2) is 112 Å². The van der Waals surface area contributed by atoms with Gasteiger partial charge >= 0.3 is 75.2 Å². The fraction of sp³-hybridized carbons (Fsp3) is 0.885. The summed E-state index contributed by atoms with van der Waals surface area (Å²) in [5.41, 5.74) is -2.08. The molecule has 1 N–H and O–H groups in total. The number of rotatable bonds is 11. The molecular weight excluding hydrogens is 894 g/mol. The van der Waals surface area contributed by atoms with Gasteiger partial charge in [0, 0.05) is 16.9 Å². The van der Waals surface area contributed by atoms with E-state index in [2.05, 4.69) is 9.47 Å². The van der Waals surface area contributed by atoms with Crippen molar-refractivity contribution in [3.63, 3.8) is 0 Å². The van der Waals surface area contributed by atoms with Gasteiger partial charge in [0.1, 0.15) is 12.2 Å². The molecular formula is C26H22F18O9S3. The summed E-state index contributed by atoms with van der Waals surface area (Å²) in [6, 6.07) is 0. The van der Waals surface area contributed by atoms with Crippen LogP contribution >= 0.6 is 23.5 Å². The monoisotopic (exact) mass is 916 g/mol. The first-order chi connectivity index (χ1) is 24.8. The SMILES string of the molecule is O=C(OCC1CSC2(SC1COC(=O)C(F)(F)C(F)(F)C(F)(F)F)C1CC3CC2CC(OC(=O)C(F)(C(F)(F)F)S(=O)(=O)O)(C3)C1)C(F)(F)C(F)(F)C(F)(F)F. The molecule has 4 saturated carbocycles. The normalized spacial score (nSPS) is 31.5. The lowest BCUT2D eigenvalue weighted by atomic mass is 9.53. The Kier molecular flexibility index (Phi) is 11.5. The number of esters is 3. The van der Waals surface area contributed by atoms with E-state index >= 15 is 0 Å². The molecule has 5 unspecified atom stereocenters. The molecule has 56 heavy (non-hydrogen) atoms. The zero-order valence-corrected chi connectivity index (χ0v) is 29.2. The standard InChI is InChI=1S/C26H22F18O9S3/c27-19(28,22(32,33)25(39,40)41)14(45)51-6-10-8-54-18(55-13(10)7-52-15(46)20(29,30)23(34,35)26(42,43)44)11-1-9-2-12(18)5-17(3-9,4-11)53-16(47)21(31,24(36,37)38)56(48,49)50/h9-13H,1-8H2,(H,48,49,50). The van der Waals surface area contributed by atoms with Crippen LogP contribution in [0.5, 0.6) is 0 Å². The van der Waals surface area contributed by atoms with Gasteiger partial charge in [-0.25, -0.2) is 18.8 Å². The number of carbonyl (C=O) groups is 3. The molecule has 4 bridgehead atoms. The van der Waals surface area contributed by atoms with Crippen LogP contribution in [0.4, 0.5) is 79.0 Å². The number of ether oxygens (including phenoxy) is 3. The van der Waals surface area contributed by atoms with E-state index in [9.17, 15) is 102 Å². The summed E-state index contributed by atoms with van der Waals surface area (Å²) in [6.45, 7) is -3.30. The van der Waals surface area contributed by atoms with Crippen LogP contribution in [0, 0.1) is 23.7 Å². The van der Waals surface area contributed by atoms with Crippen molar-refractivity contribution < 1.29 is 121 Å². The van der Waals surface area contributed by atoms with Gasteiger partial charge in [0.2, 0.25) is 0 Å². The maximum Gasteiger partial charge on any atom is 0.460 e. The Morgan fingerprint density at radius 3 is 1.46 bits per heavy atom. The van der Waals surface area contributed by atoms with Gasteiger partial charge in [0.25, 0.3) is 0 Å². The molecule has 0 aromatic carbocycles. The summed E-state index contributed by atoms with van der Waals surface area (Å²) in [5, 5.41) is -7.83. The highest BCUT2D eigenvalue weighted by atomic mass is 32.2. The third-order valence-corrected chi connectivity index (χ3v) is 15.1. The molecule has 30 heteroatoms. The molecule has 5 aliphatic rings. The molecule has 1 saturated heterocycles. The van der Waals surface area contributed by atoms with Gasteiger partial charge in [0.15, 0.2) is 0 Å². The molecule has 5 atom stereocenters. The maximum atomic E-state index is 14.8. The number of hydrogen-bond donors (Lipinski definition) is 1. The summed E-state index contributed by atoms with van der Waals surface area (Å²) < 4.78 is 283. The summed E-state index contributed by atoms with van der Waals surface area (Å²) in [4.78, 5) is 36.2. The fourth-order valence-corrected chi connectivity index (χ4v) is 12.1. The number of hydrogen-bond acceptors (Lipinski definition) is 10. The van der Waals surface area contributed by atoms with Crippen molar-refractivity contribution in [2.75, 3.05) is 19.0 Å². The van der Waals surface area contributed by atoms with Gasteiger partial charge in [-0.3, -0.25) is 4.55 Å². The predicted molar refractivity (Wildman–Crippen MR) is 148 cm³/mol. The molecule has 0 aromatic rings. The van der Waals surface area contributed by atoms with E-state index in [0.717, 1.165) is 11.8 Å². The van der Waals surface area contributed by atoms with Crippen LogP contribution in [-0.2, 0) is 38.7 Å². The number of carbonyl (C=O) groups excluding carboxylic acids is 3. The average Bonchev–Trinajstić information content (AvgIpc) is 3.02. The summed E-state index contributed by atoms with van der Waals surface area (Å²) in [5.74, 6) is -42.4. The molecule has 0 radical (unpaired) electrons. The highest BCUT2D eigenvalue weighted by Gasteiger charge is 2.79. The van der Waals surface area contributed by atoms with Crippen LogP contribution in [0.15, 0.2) is 0 Å². The maximum absolute atomic E-state index is 14.8. The highest BCUT2D eigenvalue weighted by Crippen LogP contribution is 2.71. The van der Waals surface area contributed by atoms with Gasteiger partial charge in [-0.1, -0.05) is 0 Å². The lowest BCUT2D eigenvalue weighted by Crippen LogP contribution is -2.65. The van der Waals surface area contributed by atoms with Crippen molar-refractivity contribution in [2.24, 2.45) is 23.7 Å². The smallest absolute Gasteiger partial charge is 0.460 e. The first-order valence-corrected chi connectivity index (χ1v) is 18.4. The molecule has 1 spiro atoms. The van der Waals surface area contributed by atoms with E-state index in [-0.39, 0.29) is 19.3 Å². The van der Waals surface area contributed by atoms with Crippen LogP contribution in [0.3, 0.4) is 0 Å². The number of halogens is 18. The first-order valence-electron chi connectivity index (χ1n) is 15.1. The largest absolute Gasteiger partial charge is 0.461 e. The summed E-state index contributed by atoms with van der Waals surface area (Å²) in [6.07, 6.45) is -22.0. The Morgan fingerprint density at radius 2 is 1.07 bits per heavy atom. The van der Waals surface area contributed by atoms with Crippen LogP contribution < -0.4 is 0 Å². The molecule has 324 valence electrons. The van der Waals surface area contributed by atoms with Crippen LogP contribution in [0.2, 0.25) is 0 Å². The van der Waals surface area contributed by atoms with Crippen molar-refractivity contribution in [3.8, 4) is 0 Å². The molecule has 5 rings (SSSR count). The van der Waals surface area contributed by atoms with Crippen LogP contribution in [0.1, 0.15) is 32.1 Å². The van der Waals surface area contributed by atoms with Gasteiger partial charge in [-0.05, 0) is 49.9 Å². The summed E-state index contributed by atoms with van der Waals surface area (Å²) >= 11 is 1.17. The lowest BCUT2D eigenvalue weighted by Gasteiger charge is -2.65. The second-order valence-electron chi connectivity index (χ2n) is 13.4. The predicted octanol–water partition coefficient (Wildman–Crippen LogP) is 7.14. The Labute approximate surface area is 309 Å². The van der Waals surface area contributed by atoms with E-state index in [4.69, 9.17) is 9.29 Å². The first kappa shape index (κ1) is 46.4. The summed E-state index contributed by atoms with van der Waals surface area (Å²) in [7, 11) is -6.88. The molecule has 0 aromatic heterocycles. The number of alkyl halides is 18. The highest BCUT2D eigenvalue weighted by molar-refractivity contribution is 8.19. The molecule has 4 aliphatic carbocycles. The quantitative estimate of drug-likeness (QED) is 0.0983. The minimum atomic E-state index is -7.05. The Morgan fingerprint density at radius 1 is 0.643 bits per heavy atom. The van der Waals surface area contributed by atoms with Crippen molar-refractivity contribution in [2.45, 2.75) is 94.3 Å². The van der Waals surface area contributed by atoms with Crippen LogP contribution in [0.25, 0.3) is 0 Å². The van der Waals surface area contributed by atoms with Gasteiger partial charge in [-0.2, -0.15) is 83.1 Å². The molecule has 0 amide bonds. The molecule has 5 fully saturated rings. The fourth-order valence-electron chi connectivity index (χ4n) is 7.21. The Balaban J connectivity index is 1.63. The second-order valence-corrected chi connectivity index (χ2v) is 18.0. The minimum Gasteiger partial charge on any atom is -0.461 e. The molecule has 1 aliphatic heterocycles. The van der Waals surface area contributed by atoms with E-state index in [1.807, 2.05) is 0 Å². The van der Waals surface area contributed by atoms with E-state index in [0.29, 0.717) is 11.8 Å². The lowest BCUT2D eigenvalue weighted by molar-refractivity contribution is -0.348. The van der Waals surface area contributed by atoms with E-state index < -0.39 is 146 Å². The third-order valence-electron chi connectivity index (χ3n) is 9.77. The topological polar surface area (TPSA) is 133 Å². The minimum absolute atomic E-state index is 0.0227. The average molecular weight is 917 g/mol.